The van der Waals surface area contributed by atoms with Crippen LogP contribution in [-0.4, -0.2) is 0 Å². The van der Waals surface area contributed by atoms with Crippen LogP contribution in [0.3, 0.4) is 0 Å². The van der Waals surface area contributed by atoms with E-state index in [-0.39, 0.29) is 0 Å². The predicted octanol–water partition coefficient (Wildman–Crippen LogP) is 16.8. The number of fused-ring (bicyclic) bond motifs is 8. The molecule has 61 heavy (non-hydrogen) atoms. The molecule has 12 rings (SSSR count). The first-order chi connectivity index (χ1) is 30.3. The van der Waals surface area contributed by atoms with Crippen molar-refractivity contribution in [2.45, 2.75) is 0 Å². The Morgan fingerprint density at radius 3 is 1.46 bits per heavy atom. The van der Waals surface area contributed by atoms with Crippen LogP contribution in [0.4, 0.5) is 17.1 Å². The summed E-state index contributed by atoms with van der Waals surface area (Å²) in [5.41, 5.74) is 15.7. The molecule has 3 heteroatoms. The minimum atomic E-state index is 0.851. The molecular weight excluding hydrogens is 743 g/mol. The highest BCUT2D eigenvalue weighted by atomic mass is 16.3. The zero-order chi connectivity index (χ0) is 40.3. The second-order valence-electron chi connectivity index (χ2n) is 15.6. The smallest absolute Gasteiger partial charge is 0.159 e. The molecule has 0 spiro atoms. The quantitative estimate of drug-likeness (QED) is 0.161. The van der Waals surface area contributed by atoms with E-state index in [4.69, 9.17) is 8.83 Å². The molecule has 10 aromatic carbocycles. The number of para-hydroxylation sites is 2. The van der Waals surface area contributed by atoms with Gasteiger partial charge in [0.1, 0.15) is 16.7 Å². The molecule has 286 valence electrons. The van der Waals surface area contributed by atoms with Crippen molar-refractivity contribution >= 4 is 71.7 Å². The van der Waals surface area contributed by atoms with Crippen LogP contribution in [0.2, 0.25) is 0 Å². The SMILES string of the molecule is c1ccc(-c2ccc(N(c3ccc(-c4ccc(-c5ccccc5)c5oc6c7ccccc7c(-c7ccccc7)cc6c45)cc3)c3cccc4c3oc3ccccc34)cc2)cc1. The summed E-state index contributed by atoms with van der Waals surface area (Å²) < 4.78 is 13.7. The van der Waals surface area contributed by atoms with Gasteiger partial charge in [-0.15, -0.1) is 0 Å². The zero-order valence-electron chi connectivity index (χ0n) is 33.1. The molecule has 0 bridgehead atoms. The number of hydrogen-bond acceptors (Lipinski definition) is 3. The maximum absolute atomic E-state index is 7.07. The van der Waals surface area contributed by atoms with Gasteiger partial charge < -0.3 is 13.7 Å². The predicted molar refractivity (Wildman–Crippen MR) is 255 cm³/mol. The van der Waals surface area contributed by atoms with Gasteiger partial charge in [0, 0.05) is 43.9 Å². The molecule has 0 radical (unpaired) electrons. The first-order valence-electron chi connectivity index (χ1n) is 20.7. The third kappa shape index (κ3) is 5.82. The summed E-state index contributed by atoms with van der Waals surface area (Å²) in [6.07, 6.45) is 0. The van der Waals surface area contributed by atoms with Crippen LogP contribution < -0.4 is 4.90 Å². The van der Waals surface area contributed by atoms with Crippen molar-refractivity contribution in [3.8, 4) is 44.5 Å². The molecule has 0 saturated heterocycles. The van der Waals surface area contributed by atoms with Crippen LogP contribution in [0.15, 0.2) is 233 Å². The fourth-order valence-corrected chi connectivity index (χ4v) is 9.20. The van der Waals surface area contributed by atoms with Crippen molar-refractivity contribution in [2.75, 3.05) is 4.90 Å². The fourth-order valence-electron chi connectivity index (χ4n) is 9.20. The molecule has 0 aliphatic rings. The van der Waals surface area contributed by atoms with E-state index < -0.39 is 0 Å². The Hall–Kier alpha value is -8.14. The number of nitrogens with zero attached hydrogens (tertiary/aromatic N) is 1. The second kappa shape index (κ2) is 14.3. The Kier molecular flexibility index (Phi) is 8.17. The van der Waals surface area contributed by atoms with Gasteiger partial charge in [-0.2, -0.15) is 0 Å². The van der Waals surface area contributed by atoms with E-state index in [1.807, 2.05) is 12.1 Å². The third-order valence-electron chi connectivity index (χ3n) is 12.1. The molecule has 0 amide bonds. The fraction of sp³-hybridized carbons (Fsp3) is 0. The standard InChI is InChI=1S/C58H37NO2/c1-4-15-38(16-5-1)39-27-31-43(32-28-39)59(53-25-14-24-50-48-22-12-13-26-54(48)60-57(50)53)44-33-29-42(30-34-44)45-35-36-46(40-17-6-2-7-18-40)58-55(45)52-37-51(41-19-8-3-9-20-41)47-21-10-11-23-49(47)56(52)61-58/h1-37H. The van der Waals surface area contributed by atoms with Crippen LogP contribution in [0.25, 0.3) is 99.2 Å². The van der Waals surface area contributed by atoms with E-state index in [1.54, 1.807) is 0 Å². The first kappa shape index (κ1) is 34.9. The van der Waals surface area contributed by atoms with Crippen molar-refractivity contribution in [2.24, 2.45) is 0 Å². The number of rotatable bonds is 7. The molecule has 0 fully saturated rings. The minimum absolute atomic E-state index is 0.851. The van der Waals surface area contributed by atoms with Gasteiger partial charge in [0.15, 0.2) is 5.58 Å². The normalized spacial score (nSPS) is 11.6. The molecule has 0 unspecified atom stereocenters. The molecule has 3 nitrogen and oxygen atoms in total. The molecule has 0 aliphatic heterocycles. The van der Waals surface area contributed by atoms with Gasteiger partial charge >= 0.3 is 0 Å². The largest absolute Gasteiger partial charge is 0.455 e. The summed E-state index contributed by atoms with van der Waals surface area (Å²) in [6, 6.07) is 79.6. The first-order valence-corrected chi connectivity index (χ1v) is 20.7. The lowest BCUT2D eigenvalue weighted by atomic mass is 9.91. The van der Waals surface area contributed by atoms with E-state index >= 15 is 0 Å². The van der Waals surface area contributed by atoms with E-state index in [0.29, 0.717) is 0 Å². The summed E-state index contributed by atoms with van der Waals surface area (Å²) in [5, 5.41) is 6.67. The highest BCUT2D eigenvalue weighted by molar-refractivity contribution is 6.24. The van der Waals surface area contributed by atoms with E-state index in [1.165, 1.54) is 27.6 Å². The summed E-state index contributed by atoms with van der Waals surface area (Å²) in [7, 11) is 0. The lowest BCUT2D eigenvalue weighted by Crippen LogP contribution is -2.10. The van der Waals surface area contributed by atoms with Crippen molar-refractivity contribution in [1.82, 2.24) is 0 Å². The Balaban J connectivity index is 1.06. The van der Waals surface area contributed by atoms with Crippen LogP contribution in [0.1, 0.15) is 0 Å². The van der Waals surface area contributed by atoms with Crippen LogP contribution in [-0.2, 0) is 0 Å². The van der Waals surface area contributed by atoms with E-state index in [2.05, 4.69) is 217 Å². The van der Waals surface area contributed by atoms with Crippen molar-refractivity contribution in [3.63, 3.8) is 0 Å². The van der Waals surface area contributed by atoms with Gasteiger partial charge in [-0.25, -0.2) is 0 Å². The molecule has 2 heterocycles. The third-order valence-corrected chi connectivity index (χ3v) is 12.1. The highest BCUT2D eigenvalue weighted by Crippen LogP contribution is 2.47. The molecule has 0 saturated carbocycles. The Morgan fingerprint density at radius 1 is 0.279 bits per heavy atom. The maximum Gasteiger partial charge on any atom is 0.159 e. The van der Waals surface area contributed by atoms with E-state index in [9.17, 15) is 0 Å². The summed E-state index contributed by atoms with van der Waals surface area (Å²) >= 11 is 0. The van der Waals surface area contributed by atoms with Crippen LogP contribution in [0, 0.1) is 0 Å². The van der Waals surface area contributed by atoms with Crippen LogP contribution in [0.5, 0.6) is 0 Å². The molecule has 0 atom stereocenters. The van der Waals surface area contributed by atoms with Crippen molar-refractivity contribution < 1.29 is 8.83 Å². The van der Waals surface area contributed by atoms with Gasteiger partial charge in [0.25, 0.3) is 0 Å². The highest BCUT2D eigenvalue weighted by Gasteiger charge is 2.23. The van der Waals surface area contributed by atoms with Gasteiger partial charge in [-0.1, -0.05) is 176 Å². The van der Waals surface area contributed by atoms with Crippen molar-refractivity contribution in [1.29, 1.82) is 0 Å². The number of furan rings is 2. The number of anilines is 3. The molecule has 2 aromatic heterocycles. The lowest BCUT2D eigenvalue weighted by Gasteiger charge is -2.26. The molecular formula is C58H37NO2. The molecule has 0 aliphatic carbocycles. The monoisotopic (exact) mass is 779 g/mol. The topological polar surface area (TPSA) is 29.5 Å². The summed E-state index contributed by atoms with van der Waals surface area (Å²) in [4.78, 5) is 2.31. The summed E-state index contributed by atoms with van der Waals surface area (Å²) in [6.45, 7) is 0. The van der Waals surface area contributed by atoms with Crippen molar-refractivity contribution in [3.05, 3.63) is 224 Å². The van der Waals surface area contributed by atoms with Gasteiger partial charge in [-0.3, -0.25) is 0 Å². The van der Waals surface area contributed by atoms with Gasteiger partial charge in [-0.05, 0) is 92.9 Å². The van der Waals surface area contributed by atoms with Gasteiger partial charge in [0.2, 0.25) is 0 Å². The molecule has 12 aromatic rings. The lowest BCUT2D eigenvalue weighted by molar-refractivity contribution is 0.669. The second-order valence-corrected chi connectivity index (χ2v) is 15.6. The zero-order valence-corrected chi connectivity index (χ0v) is 33.1. The van der Waals surface area contributed by atoms with Crippen LogP contribution >= 0.6 is 0 Å². The Morgan fingerprint density at radius 2 is 0.770 bits per heavy atom. The Labute approximate surface area is 353 Å². The maximum atomic E-state index is 7.07. The average molecular weight is 780 g/mol. The molecule has 0 N–H and O–H groups in total. The average Bonchev–Trinajstić information content (AvgIpc) is 3.92. The summed E-state index contributed by atoms with van der Waals surface area (Å²) in [5.74, 6) is 0. The Bertz CT molecular complexity index is 3550. The number of hydrogen-bond donors (Lipinski definition) is 0. The number of benzene rings is 10. The minimum Gasteiger partial charge on any atom is -0.455 e. The van der Waals surface area contributed by atoms with E-state index in [0.717, 1.165) is 88.6 Å². The van der Waals surface area contributed by atoms with Gasteiger partial charge in [0.05, 0.1) is 5.69 Å².